The van der Waals surface area contributed by atoms with Crippen LogP contribution in [0.25, 0.3) is 0 Å². The van der Waals surface area contributed by atoms with Crippen LogP contribution in [0.5, 0.6) is 5.75 Å². The molecule has 1 saturated heterocycles. The molecular weight excluding hydrogens is 252 g/mol. The largest absolute Gasteiger partial charge is 0.493 e. The number of nitrogens with zero attached hydrogens (tertiary/aromatic N) is 1. The van der Waals surface area contributed by atoms with Crippen LogP contribution in [0.3, 0.4) is 0 Å². The molecule has 1 aliphatic heterocycles. The third kappa shape index (κ3) is 3.51. The van der Waals surface area contributed by atoms with Crippen LogP contribution in [0.2, 0.25) is 0 Å². The van der Waals surface area contributed by atoms with E-state index < -0.39 is 0 Å². The molecular formula is C16H24N2O2. The van der Waals surface area contributed by atoms with E-state index in [4.69, 9.17) is 4.74 Å². The minimum absolute atomic E-state index is 0.0564. The first-order valence-electron chi connectivity index (χ1n) is 7.43. The Labute approximate surface area is 121 Å². The number of hydrogen-bond donors (Lipinski definition) is 1. The Morgan fingerprint density at radius 2 is 2.15 bits per heavy atom. The van der Waals surface area contributed by atoms with Gasteiger partial charge < -0.3 is 15.0 Å². The van der Waals surface area contributed by atoms with Gasteiger partial charge in [-0.3, -0.25) is 4.79 Å². The van der Waals surface area contributed by atoms with Gasteiger partial charge in [-0.15, -0.1) is 0 Å². The summed E-state index contributed by atoms with van der Waals surface area (Å²) in [6, 6.07) is 7.81. The van der Waals surface area contributed by atoms with Crippen LogP contribution < -0.4 is 10.1 Å². The molecule has 1 aromatic carbocycles. The van der Waals surface area contributed by atoms with E-state index >= 15 is 0 Å². The summed E-state index contributed by atoms with van der Waals surface area (Å²) < 4.78 is 5.56. The lowest BCUT2D eigenvalue weighted by atomic mass is 10.1. The molecule has 1 heterocycles. The van der Waals surface area contributed by atoms with Gasteiger partial charge in [-0.2, -0.15) is 0 Å². The molecule has 4 nitrogen and oxygen atoms in total. The van der Waals surface area contributed by atoms with Crippen molar-refractivity contribution in [1.29, 1.82) is 0 Å². The van der Waals surface area contributed by atoms with E-state index in [9.17, 15) is 4.79 Å². The SMILES string of the molecule is CCOc1ccccc1C(=O)N(C)C1CCCNCC1. The van der Waals surface area contributed by atoms with Crippen molar-refractivity contribution in [2.24, 2.45) is 0 Å². The van der Waals surface area contributed by atoms with Gasteiger partial charge in [-0.25, -0.2) is 0 Å². The van der Waals surface area contributed by atoms with Gasteiger partial charge in [-0.05, 0) is 51.4 Å². The standard InChI is InChI=1S/C16H24N2O2/c1-3-20-15-9-5-4-8-14(15)16(19)18(2)13-7-6-11-17-12-10-13/h4-5,8-9,13,17H,3,6-7,10-12H2,1-2H3. The Morgan fingerprint density at radius 1 is 1.35 bits per heavy atom. The Bertz CT molecular complexity index is 440. The molecule has 2 rings (SSSR count). The van der Waals surface area contributed by atoms with E-state index in [0.717, 1.165) is 32.4 Å². The Morgan fingerprint density at radius 3 is 2.95 bits per heavy atom. The van der Waals surface area contributed by atoms with Crippen molar-refractivity contribution in [3.8, 4) is 5.75 Å². The number of ether oxygens (including phenoxy) is 1. The van der Waals surface area contributed by atoms with Gasteiger partial charge in [0.15, 0.2) is 0 Å². The summed E-state index contributed by atoms with van der Waals surface area (Å²) in [5.41, 5.74) is 0.661. The average Bonchev–Trinajstić information content (AvgIpc) is 2.76. The van der Waals surface area contributed by atoms with Gasteiger partial charge in [0.2, 0.25) is 0 Å². The molecule has 1 amide bonds. The van der Waals surface area contributed by atoms with Crippen LogP contribution in [0, 0.1) is 0 Å². The van der Waals surface area contributed by atoms with Crippen LogP contribution in [-0.4, -0.2) is 43.6 Å². The summed E-state index contributed by atoms with van der Waals surface area (Å²) in [5.74, 6) is 0.736. The quantitative estimate of drug-likeness (QED) is 0.917. The molecule has 1 aromatic rings. The Balaban J connectivity index is 2.13. The van der Waals surface area contributed by atoms with Gasteiger partial charge in [-0.1, -0.05) is 12.1 Å². The molecule has 1 aliphatic rings. The number of nitrogens with one attached hydrogen (secondary N) is 1. The van der Waals surface area contributed by atoms with Crippen molar-refractivity contribution < 1.29 is 9.53 Å². The Hall–Kier alpha value is -1.55. The average molecular weight is 276 g/mol. The summed E-state index contributed by atoms with van der Waals surface area (Å²) in [5, 5.41) is 3.38. The predicted octanol–water partition coefficient (Wildman–Crippen LogP) is 2.30. The summed E-state index contributed by atoms with van der Waals surface area (Å²) in [7, 11) is 1.90. The van der Waals surface area contributed by atoms with Crippen LogP contribution in [0.15, 0.2) is 24.3 Å². The van der Waals surface area contributed by atoms with Crippen LogP contribution >= 0.6 is 0 Å². The summed E-state index contributed by atoms with van der Waals surface area (Å²) >= 11 is 0. The number of amides is 1. The number of carbonyl (C=O) groups is 1. The zero-order chi connectivity index (χ0) is 14.4. The normalized spacial score (nSPS) is 19.2. The van der Waals surface area contributed by atoms with Gasteiger partial charge in [0.1, 0.15) is 5.75 Å². The summed E-state index contributed by atoms with van der Waals surface area (Å²) in [4.78, 5) is 14.6. The summed E-state index contributed by atoms with van der Waals surface area (Å²) in [6.07, 6.45) is 3.19. The Kier molecular flexibility index (Phi) is 5.41. The highest BCUT2D eigenvalue weighted by Crippen LogP contribution is 2.22. The second-order valence-electron chi connectivity index (χ2n) is 5.18. The molecule has 1 N–H and O–H groups in total. The fourth-order valence-corrected chi connectivity index (χ4v) is 2.67. The second kappa shape index (κ2) is 7.29. The molecule has 0 spiro atoms. The van der Waals surface area contributed by atoms with E-state index in [1.165, 1.54) is 0 Å². The van der Waals surface area contributed by atoms with Crippen LogP contribution in [0.1, 0.15) is 36.5 Å². The van der Waals surface area contributed by atoms with E-state index in [0.29, 0.717) is 24.0 Å². The van der Waals surface area contributed by atoms with Crippen molar-refractivity contribution in [3.05, 3.63) is 29.8 Å². The first-order chi connectivity index (χ1) is 9.74. The maximum absolute atomic E-state index is 12.7. The van der Waals surface area contributed by atoms with Crippen molar-refractivity contribution >= 4 is 5.91 Å². The fourth-order valence-electron chi connectivity index (χ4n) is 2.67. The molecule has 0 bridgehead atoms. The first-order valence-corrected chi connectivity index (χ1v) is 7.43. The minimum atomic E-state index is 0.0564. The molecule has 4 heteroatoms. The lowest BCUT2D eigenvalue weighted by Gasteiger charge is -2.27. The molecule has 0 radical (unpaired) electrons. The third-order valence-corrected chi connectivity index (χ3v) is 3.83. The molecule has 1 atom stereocenters. The maximum Gasteiger partial charge on any atom is 0.257 e. The number of para-hydroxylation sites is 1. The van der Waals surface area contributed by atoms with E-state index in [1.54, 1.807) is 0 Å². The van der Waals surface area contributed by atoms with Crippen molar-refractivity contribution in [3.63, 3.8) is 0 Å². The van der Waals surface area contributed by atoms with Crippen molar-refractivity contribution in [2.75, 3.05) is 26.7 Å². The predicted molar refractivity (Wildman–Crippen MR) is 80.2 cm³/mol. The molecule has 110 valence electrons. The molecule has 1 fully saturated rings. The first kappa shape index (κ1) is 14.9. The number of rotatable bonds is 4. The number of benzene rings is 1. The van der Waals surface area contributed by atoms with Crippen molar-refractivity contribution in [2.45, 2.75) is 32.2 Å². The highest BCUT2D eigenvalue weighted by Gasteiger charge is 2.23. The van der Waals surface area contributed by atoms with Gasteiger partial charge in [0, 0.05) is 13.1 Å². The fraction of sp³-hybridized carbons (Fsp3) is 0.562. The lowest BCUT2D eigenvalue weighted by molar-refractivity contribution is 0.0716. The van der Waals surface area contributed by atoms with Gasteiger partial charge in [0.05, 0.1) is 12.2 Å². The van der Waals surface area contributed by atoms with Gasteiger partial charge in [0.25, 0.3) is 5.91 Å². The van der Waals surface area contributed by atoms with E-state index in [2.05, 4.69) is 5.32 Å². The second-order valence-corrected chi connectivity index (χ2v) is 5.18. The molecule has 0 aliphatic carbocycles. The number of hydrogen-bond acceptors (Lipinski definition) is 3. The van der Waals surface area contributed by atoms with Gasteiger partial charge >= 0.3 is 0 Å². The van der Waals surface area contributed by atoms with Crippen LogP contribution in [-0.2, 0) is 0 Å². The topological polar surface area (TPSA) is 41.6 Å². The summed E-state index contributed by atoms with van der Waals surface area (Å²) in [6.45, 7) is 4.53. The zero-order valence-electron chi connectivity index (χ0n) is 12.4. The van der Waals surface area contributed by atoms with Crippen molar-refractivity contribution in [1.82, 2.24) is 10.2 Å². The zero-order valence-corrected chi connectivity index (χ0v) is 12.4. The highest BCUT2D eigenvalue weighted by atomic mass is 16.5. The minimum Gasteiger partial charge on any atom is -0.493 e. The number of carbonyl (C=O) groups excluding carboxylic acids is 1. The smallest absolute Gasteiger partial charge is 0.257 e. The molecule has 0 saturated carbocycles. The third-order valence-electron chi connectivity index (χ3n) is 3.83. The maximum atomic E-state index is 12.7. The molecule has 1 unspecified atom stereocenters. The highest BCUT2D eigenvalue weighted by molar-refractivity contribution is 5.97. The molecule has 20 heavy (non-hydrogen) atoms. The van der Waals surface area contributed by atoms with E-state index in [1.807, 2.05) is 43.1 Å². The monoisotopic (exact) mass is 276 g/mol. The lowest BCUT2D eigenvalue weighted by Crippen LogP contribution is -2.37. The van der Waals surface area contributed by atoms with Crippen LogP contribution in [0.4, 0.5) is 0 Å². The van der Waals surface area contributed by atoms with E-state index in [-0.39, 0.29) is 5.91 Å². The molecule has 0 aromatic heterocycles.